The number of ether oxygens (including phenoxy) is 3. The molecule has 0 spiro atoms. The maximum absolute atomic E-state index is 12.9. The van der Waals surface area contributed by atoms with Crippen molar-refractivity contribution in [3.8, 4) is 0 Å². The fraction of sp³-hybridized carbons (Fsp3) is 0.500. The van der Waals surface area contributed by atoms with Gasteiger partial charge in [-0.2, -0.15) is 0 Å². The van der Waals surface area contributed by atoms with E-state index < -0.39 is 145 Å². The Kier molecular flexibility index (Phi) is 14.3. The maximum atomic E-state index is 12.9. The van der Waals surface area contributed by atoms with Crippen LogP contribution in [0, 0.1) is 0 Å². The number of rotatable bonds is 23. The molecule has 0 heterocycles. The lowest BCUT2D eigenvalue weighted by molar-refractivity contribution is -0.201. The molecule has 0 aromatic rings. The van der Waals surface area contributed by atoms with E-state index in [-0.39, 0.29) is 0 Å². The van der Waals surface area contributed by atoms with E-state index in [2.05, 4.69) is 14.2 Å². The Bertz CT molecular complexity index is 1430. The first-order valence-corrected chi connectivity index (χ1v) is 12.6. The molecule has 272 valence electrons. The number of carbonyl (C=O) groups excluding carboxylic acids is 3. The lowest BCUT2D eigenvalue weighted by Gasteiger charge is -2.32. The number of carbonyl (C=O) groups is 12. The third kappa shape index (κ3) is 12.4. The maximum Gasteiger partial charge on any atom is 0.349 e. The van der Waals surface area contributed by atoms with Crippen molar-refractivity contribution in [1.82, 2.24) is 0 Å². The van der Waals surface area contributed by atoms with Gasteiger partial charge in [0.1, 0.15) is 0 Å². The molecule has 25 nitrogen and oxygen atoms in total. The number of hydrogen-bond donors (Lipinski definition) is 10. The summed E-state index contributed by atoms with van der Waals surface area (Å²) in [5.41, 5.74) is -14.4. The lowest BCUT2D eigenvalue weighted by atomic mass is 9.91. The van der Waals surface area contributed by atoms with Gasteiger partial charge in [0, 0.05) is 0 Å². The van der Waals surface area contributed by atoms with Crippen molar-refractivity contribution < 1.29 is 123 Å². The molecule has 0 radical (unpaired) electrons. The first kappa shape index (κ1) is 42.6. The number of aliphatic carboxylic acids is 9. The van der Waals surface area contributed by atoms with E-state index in [1.165, 1.54) is 0 Å². The fourth-order valence-corrected chi connectivity index (χ4v) is 3.90. The summed E-state index contributed by atoms with van der Waals surface area (Å²) in [5.74, 6) is -27.1. The highest BCUT2D eigenvalue weighted by molar-refractivity contribution is 5.96. The largest absolute Gasteiger partial charge is 0.481 e. The van der Waals surface area contributed by atoms with Gasteiger partial charge in [-0.3, -0.25) is 38.4 Å². The first-order chi connectivity index (χ1) is 22.2. The smallest absolute Gasteiger partial charge is 0.349 e. The van der Waals surface area contributed by atoms with E-state index >= 15 is 0 Å². The molecule has 0 aliphatic heterocycles. The van der Waals surface area contributed by atoms with Crippen LogP contribution >= 0.6 is 0 Å². The van der Waals surface area contributed by atoms with Crippen molar-refractivity contribution in [1.29, 1.82) is 0 Å². The zero-order chi connectivity index (χ0) is 38.7. The zero-order valence-electron chi connectivity index (χ0n) is 24.3. The molecule has 0 fully saturated rings. The van der Waals surface area contributed by atoms with Gasteiger partial charge in [0.05, 0.1) is 51.4 Å². The van der Waals surface area contributed by atoms with Crippen LogP contribution in [-0.4, -0.2) is 145 Å². The van der Waals surface area contributed by atoms with Crippen LogP contribution in [-0.2, 0) is 71.7 Å². The van der Waals surface area contributed by atoms with Crippen molar-refractivity contribution >= 4 is 71.6 Å². The van der Waals surface area contributed by atoms with Crippen LogP contribution in [0.15, 0.2) is 0 Å². The van der Waals surface area contributed by atoms with E-state index in [9.17, 15) is 88.2 Å². The average Bonchev–Trinajstić information content (AvgIpc) is 2.85. The van der Waals surface area contributed by atoms with Crippen LogP contribution in [0.5, 0.6) is 0 Å². The summed E-state index contributed by atoms with van der Waals surface area (Å²) in [4.78, 5) is 142. The molecule has 25 heteroatoms. The van der Waals surface area contributed by atoms with E-state index in [1.807, 2.05) is 0 Å². The first-order valence-electron chi connectivity index (χ1n) is 12.6. The predicted octanol–water partition coefficient (Wildman–Crippen LogP) is -3.55. The van der Waals surface area contributed by atoms with Gasteiger partial charge in [-0.25, -0.2) is 19.2 Å². The van der Waals surface area contributed by atoms with E-state index in [1.54, 1.807) is 0 Å². The highest BCUT2D eigenvalue weighted by atomic mass is 16.6. The molecular weight excluding hydrogens is 688 g/mol. The van der Waals surface area contributed by atoms with Crippen LogP contribution in [0.2, 0.25) is 0 Å². The van der Waals surface area contributed by atoms with E-state index in [0.29, 0.717) is 0 Å². The SMILES string of the molecule is O=C(O)CC(O)(CC(=O)OC(CC(=O)O)(CC(=O)OC(CC(=O)O)(CC(=O)OC(CC(=O)O)(CC(=O)O)C(=O)O)C(=O)O)C(=O)O)C(=O)O. The van der Waals surface area contributed by atoms with Gasteiger partial charge in [-0.05, 0) is 0 Å². The Morgan fingerprint density at radius 3 is 0.755 bits per heavy atom. The minimum atomic E-state index is -3.75. The molecule has 0 amide bonds. The summed E-state index contributed by atoms with van der Waals surface area (Å²) < 4.78 is 13.4. The molecule has 0 rings (SSSR count). The molecule has 0 saturated heterocycles. The Morgan fingerprint density at radius 2 is 0.551 bits per heavy atom. The number of aliphatic hydroxyl groups is 1. The molecule has 10 N–H and O–H groups in total. The Hall–Kier alpha value is -6.40. The van der Waals surface area contributed by atoms with Crippen molar-refractivity contribution in [2.24, 2.45) is 0 Å². The van der Waals surface area contributed by atoms with Gasteiger partial charge in [0.15, 0.2) is 5.60 Å². The highest BCUT2D eigenvalue weighted by Crippen LogP contribution is 2.31. The molecule has 49 heavy (non-hydrogen) atoms. The average molecular weight is 714 g/mol. The van der Waals surface area contributed by atoms with Gasteiger partial charge in [0.25, 0.3) is 0 Å². The molecule has 3 unspecified atom stereocenters. The fourth-order valence-electron chi connectivity index (χ4n) is 3.90. The molecule has 0 aliphatic rings. The van der Waals surface area contributed by atoms with Crippen LogP contribution in [0.25, 0.3) is 0 Å². The van der Waals surface area contributed by atoms with Gasteiger partial charge in [-0.15, -0.1) is 0 Å². The summed E-state index contributed by atoms with van der Waals surface area (Å²) in [6.45, 7) is 0. The summed E-state index contributed by atoms with van der Waals surface area (Å²) >= 11 is 0. The summed E-state index contributed by atoms with van der Waals surface area (Å²) in [5, 5.41) is 93.2. The normalized spacial score (nSPS) is 14.6. The van der Waals surface area contributed by atoms with Crippen molar-refractivity contribution in [3.63, 3.8) is 0 Å². The molecule has 0 aromatic heterocycles. The molecule has 0 saturated carbocycles. The van der Waals surface area contributed by atoms with Crippen LogP contribution in [0.1, 0.15) is 51.4 Å². The van der Waals surface area contributed by atoms with Crippen LogP contribution in [0.4, 0.5) is 0 Å². The molecule has 0 aliphatic carbocycles. The number of carboxylic acids is 9. The summed E-state index contributed by atoms with van der Waals surface area (Å²) in [6.07, 6.45) is -15.2. The second-order valence-corrected chi connectivity index (χ2v) is 10.0. The van der Waals surface area contributed by atoms with Gasteiger partial charge >= 0.3 is 71.6 Å². The Morgan fingerprint density at radius 1 is 0.327 bits per heavy atom. The summed E-state index contributed by atoms with van der Waals surface area (Å²) in [6, 6.07) is 0. The molecule has 3 atom stereocenters. The second-order valence-electron chi connectivity index (χ2n) is 10.0. The topological polar surface area (TPSA) is 435 Å². The Labute approximate surface area is 268 Å². The second kappa shape index (κ2) is 16.4. The minimum Gasteiger partial charge on any atom is -0.481 e. The Balaban J connectivity index is 6.82. The minimum absolute atomic E-state index is 1.70. The predicted molar refractivity (Wildman–Crippen MR) is 137 cm³/mol. The lowest BCUT2D eigenvalue weighted by Crippen LogP contribution is -2.53. The highest BCUT2D eigenvalue weighted by Gasteiger charge is 2.55. The third-order valence-corrected chi connectivity index (χ3v) is 5.98. The van der Waals surface area contributed by atoms with Crippen molar-refractivity contribution in [2.75, 3.05) is 0 Å². The third-order valence-electron chi connectivity index (χ3n) is 5.98. The standard InChI is InChI=1S/C24H26O25/c25-9(26)1-21(46,17(38)39)6-14(35)47-23(19(42)43,4-12(31)32)8-16(37)49-24(20(44)45,5-13(33)34)7-15(36)48-22(18(40)41,2-10(27)28)3-11(29)30/h46H,1-8H2,(H,25,26)(H,27,28)(H,29,30)(H,31,32)(H,33,34)(H,38,39)(H,40,41)(H,42,43)(H,44,45). The number of carboxylic acid groups (broad SMARTS) is 9. The number of hydrogen-bond acceptors (Lipinski definition) is 16. The zero-order valence-corrected chi connectivity index (χ0v) is 24.3. The van der Waals surface area contributed by atoms with E-state index in [4.69, 9.17) is 20.4 Å². The van der Waals surface area contributed by atoms with Crippen molar-refractivity contribution in [3.05, 3.63) is 0 Å². The monoisotopic (exact) mass is 714 g/mol. The van der Waals surface area contributed by atoms with Gasteiger partial charge in [-0.1, -0.05) is 0 Å². The molecule has 0 aromatic carbocycles. The van der Waals surface area contributed by atoms with Crippen molar-refractivity contribution in [2.45, 2.75) is 73.8 Å². The molecular formula is C24H26O25. The van der Waals surface area contributed by atoms with E-state index in [0.717, 1.165) is 0 Å². The van der Waals surface area contributed by atoms with Gasteiger partial charge in [0.2, 0.25) is 16.8 Å². The van der Waals surface area contributed by atoms with Gasteiger partial charge < -0.3 is 65.3 Å². The van der Waals surface area contributed by atoms with Crippen LogP contribution in [0.3, 0.4) is 0 Å². The quantitative estimate of drug-likeness (QED) is 0.0361. The summed E-state index contributed by atoms with van der Waals surface area (Å²) in [7, 11) is 0. The van der Waals surface area contributed by atoms with Crippen LogP contribution < -0.4 is 0 Å². The number of esters is 3. The molecule has 0 bridgehead atoms.